The molecule has 1 aliphatic heterocycles. The van der Waals surface area contributed by atoms with Crippen LogP contribution in [0.3, 0.4) is 0 Å². The summed E-state index contributed by atoms with van der Waals surface area (Å²) in [6.07, 6.45) is 2.12. The molecule has 1 heterocycles. The lowest BCUT2D eigenvalue weighted by Crippen LogP contribution is -2.25. The maximum atomic E-state index is 13.0. The zero-order chi connectivity index (χ0) is 12.4. The highest BCUT2D eigenvalue weighted by atomic mass is 19.1. The Morgan fingerprint density at radius 3 is 2.94 bits per heavy atom. The fraction of sp³-hybridized carbons (Fsp3) is 0.231. The Balaban J connectivity index is 2.38. The number of halogens is 1. The summed E-state index contributed by atoms with van der Waals surface area (Å²) in [6.45, 7) is 4.16. The number of carbonyl (C=O) groups is 1. The van der Waals surface area contributed by atoms with E-state index in [-0.39, 0.29) is 17.4 Å². The van der Waals surface area contributed by atoms with Gasteiger partial charge in [-0.05, 0) is 18.2 Å². The predicted molar refractivity (Wildman–Crippen MR) is 61.8 cm³/mol. The van der Waals surface area contributed by atoms with Crippen LogP contribution < -0.4 is 4.90 Å². The van der Waals surface area contributed by atoms with Crippen LogP contribution in [0.4, 0.5) is 10.1 Å². The monoisotopic (exact) mass is 230 g/mol. The van der Waals surface area contributed by atoms with Gasteiger partial charge in [0, 0.05) is 18.9 Å². The van der Waals surface area contributed by atoms with E-state index < -0.39 is 5.82 Å². The van der Waals surface area contributed by atoms with Crippen LogP contribution in [0.2, 0.25) is 0 Å². The van der Waals surface area contributed by atoms with E-state index in [9.17, 15) is 9.18 Å². The van der Waals surface area contributed by atoms with Crippen molar-refractivity contribution in [2.75, 3.05) is 11.4 Å². The van der Waals surface area contributed by atoms with E-state index in [0.717, 1.165) is 6.07 Å². The summed E-state index contributed by atoms with van der Waals surface area (Å²) in [7, 11) is 0. The van der Waals surface area contributed by atoms with Crippen molar-refractivity contribution in [2.24, 2.45) is 5.92 Å². The first-order valence-electron chi connectivity index (χ1n) is 5.28. The molecule has 1 saturated heterocycles. The number of amides is 1. The summed E-state index contributed by atoms with van der Waals surface area (Å²) >= 11 is 0. The van der Waals surface area contributed by atoms with E-state index >= 15 is 0 Å². The van der Waals surface area contributed by atoms with Gasteiger partial charge in [0.15, 0.2) is 0 Å². The van der Waals surface area contributed by atoms with E-state index in [1.165, 1.54) is 17.0 Å². The molecule has 2 rings (SSSR count). The second kappa shape index (κ2) is 4.38. The summed E-state index contributed by atoms with van der Waals surface area (Å²) in [5.74, 6) is -0.436. The number of hydrogen-bond donors (Lipinski definition) is 0. The number of hydrogen-bond acceptors (Lipinski definition) is 2. The van der Waals surface area contributed by atoms with Crippen LogP contribution >= 0.6 is 0 Å². The summed E-state index contributed by atoms with van der Waals surface area (Å²) in [6, 6.07) is 5.77. The van der Waals surface area contributed by atoms with Gasteiger partial charge in [-0.25, -0.2) is 4.39 Å². The molecular formula is C13H11FN2O. The Labute approximate surface area is 98.8 Å². The highest BCUT2D eigenvalue weighted by Gasteiger charge is 2.30. The Hall–Kier alpha value is -2.15. The van der Waals surface area contributed by atoms with E-state index in [1.54, 1.807) is 6.08 Å². The van der Waals surface area contributed by atoms with Crippen LogP contribution in [0.5, 0.6) is 0 Å². The van der Waals surface area contributed by atoms with E-state index in [1.807, 2.05) is 6.07 Å². The quantitative estimate of drug-likeness (QED) is 0.731. The van der Waals surface area contributed by atoms with Gasteiger partial charge in [0.25, 0.3) is 0 Å². The number of carbonyl (C=O) groups excluding carboxylic acids is 1. The van der Waals surface area contributed by atoms with Crippen LogP contribution in [0.15, 0.2) is 30.9 Å². The van der Waals surface area contributed by atoms with Crippen LogP contribution in [0, 0.1) is 23.1 Å². The van der Waals surface area contributed by atoms with Crippen LogP contribution in [0.25, 0.3) is 0 Å². The lowest BCUT2D eigenvalue weighted by molar-refractivity contribution is -0.117. The molecule has 0 N–H and O–H groups in total. The third kappa shape index (κ3) is 2.04. The van der Waals surface area contributed by atoms with Crippen molar-refractivity contribution < 1.29 is 9.18 Å². The lowest BCUT2D eigenvalue weighted by Gasteiger charge is -2.17. The number of nitrogens with zero attached hydrogens (tertiary/aromatic N) is 2. The first-order valence-corrected chi connectivity index (χ1v) is 5.28. The fourth-order valence-electron chi connectivity index (χ4n) is 1.96. The van der Waals surface area contributed by atoms with Gasteiger partial charge in [-0.3, -0.25) is 4.79 Å². The van der Waals surface area contributed by atoms with Gasteiger partial charge in [0.2, 0.25) is 5.91 Å². The van der Waals surface area contributed by atoms with E-state index in [4.69, 9.17) is 5.26 Å². The molecule has 1 atom stereocenters. The average Bonchev–Trinajstić information content (AvgIpc) is 2.70. The van der Waals surface area contributed by atoms with Crippen LogP contribution in [-0.2, 0) is 4.79 Å². The molecular weight excluding hydrogens is 219 g/mol. The topological polar surface area (TPSA) is 44.1 Å². The molecule has 1 aromatic rings. The molecule has 1 amide bonds. The van der Waals surface area contributed by atoms with Gasteiger partial charge in [0.05, 0.1) is 11.3 Å². The average molecular weight is 230 g/mol. The summed E-state index contributed by atoms with van der Waals surface area (Å²) in [5.41, 5.74) is 0.659. The van der Waals surface area contributed by atoms with Crippen molar-refractivity contribution in [3.05, 3.63) is 42.2 Å². The zero-order valence-corrected chi connectivity index (χ0v) is 9.19. The molecule has 0 aromatic heterocycles. The van der Waals surface area contributed by atoms with Crippen molar-refractivity contribution in [3.8, 4) is 6.07 Å². The molecule has 0 spiro atoms. The first-order chi connectivity index (χ1) is 8.15. The van der Waals surface area contributed by atoms with E-state index in [0.29, 0.717) is 18.7 Å². The highest BCUT2D eigenvalue weighted by molar-refractivity contribution is 5.97. The number of rotatable bonds is 2. The maximum Gasteiger partial charge on any atom is 0.227 e. The minimum Gasteiger partial charge on any atom is -0.310 e. The number of benzene rings is 1. The number of anilines is 1. The maximum absolute atomic E-state index is 13.0. The standard InChI is InChI=1S/C13H11FN2O/c1-2-9-5-13(17)16(8-9)12-4-3-11(14)6-10(12)7-15/h2-4,6,9H,1,5,8H2. The van der Waals surface area contributed by atoms with Crippen molar-refractivity contribution in [1.82, 2.24) is 0 Å². The molecule has 1 fully saturated rings. The minimum atomic E-state index is -0.475. The summed E-state index contributed by atoms with van der Waals surface area (Å²) in [5, 5.41) is 8.94. The molecule has 1 aromatic carbocycles. The third-order valence-electron chi connectivity index (χ3n) is 2.86. The van der Waals surface area contributed by atoms with Crippen molar-refractivity contribution in [3.63, 3.8) is 0 Å². The van der Waals surface area contributed by atoms with Crippen LogP contribution in [-0.4, -0.2) is 12.5 Å². The molecule has 4 heteroatoms. The van der Waals surface area contributed by atoms with Gasteiger partial charge < -0.3 is 4.90 Å². The summed E-state index contributed by atoms with van der Waals surface area (Å²) in [4.78, 5) is 13.3. The molecule has 3 nitrogen and oxygen atoms in total. The van der Waals surface area contributed by atoms with Crippen molar-refractivity contribution in [1.29, 1.82) is 5.26 Å². The van der Waals surface area contributed by atoms with Gasteiger partial charge in [-0.1, -0.05) is 6.08 Å². The van der Waals surface area contributed by atoms with Gasteiger partial charge in [-0.2, -0.15) is 5.26 Å². The Morgan fingerprint density at radius 1 is 1.59 bits per heavy atom. The zero-order valence-electron chi connectivity index (χ0n) is 9.19. The molecule has 86 valence electrons. The Morgan fingerprint density at radius 2 is 2.35 bits per heavy atom. The van der Waals surface area contributed by atoms with Gasteiger partial charge in [-0.15, -0.1) is 6.58 Å². The molecule has 0 saturated carbocycles. The molecule has 0 radical (unpaired) electrons. The minimum absolute atomic E-state index is 0.0574. The highest BCUT2D eigenvalue weighted by Crippen LogP contribution is 2.28. The summed E-state index contributed by atoms with van der Waals surface area (Å²) < 4.78 is 13.0. The van der Waals surface area contributed by atoms with Crippen molar-refractivity contribution in [2.45, 2.75) is 6.42 Å². The second-order valence-corrected chi connectivity index (χ2v) is 3.98. The SMILES string of the molecule is C=CC1CC(=O)N(c2ccc(F)cc2C#N)C1. The van der Waals surface area contributed by atoms with Gasteiger partial charge >= 0.3 is 0 Å². The van der Waals surface area contributed by atoms with E-state index in [2.05, 4.69) is 6.58 Å². The predicted octanol–water partition coefficient (Wildman–Crippen LogP) is 2.24. The molecule has 0 aliphatic carbocycles. The Bertz CT molecular complexity index is 519. The fourth-order valence-corrected chi connectivity index (χ4v) is 1.96. The molecule has 1 aliphatic rings. The largest absolute Gasteiger partial charge is 0.310 e. The molecule has 1 unspecified atom stereocenters. The van der Waals surface area contributed by atoms with Crippen LogP contribution in [0.1, 0.15) is 12.0 Å². The van der Waals surface area contributed by atoms with Gasteiger partial charge in [0.1, 0.15) is 11.9 Å². The molecule has 17 heavy (non-hydrogen) atoms. The second-order valence-electron chi connectivity index (χ2n) is 3.98. The van der Waals surface area contributed by atoms with Crippen molar-refractivity contribution >= 4 is 11.6 Å². The number of nitriles is 1. The molecule has 0 bridgehead atoms. The first kappa shape index (κ1) is 11.3. The normalized spacial score (nSPS) is 19.2. The lowest BCUT2D eigenvalue weighted by atomic mass is 10.1. The third-order valence-corrected chi connectivity index (χ3v) is 2.86. The Kier molecular flexibility index (Phi) is 2.92. The smallest absolute Gasteiger partial charge is 0.227 e.